The molecule has 0 spiro atoms. The molecular weight excluding hydrogens is 412 g/mol. The number of rotatable bonds is 6. The summed E-state index contributed by atoms with van der Waals surface area (Å²) in [4.78, 5) is 33.7. The summed E-state index contributed by atoms with van der Waals surface area (Å²) in [6, 6.07) is 10.0. The number of hydrogen-bond acceptors (Lipinski definition) is 7. The van der Waals surface area contributed by atoms with Gasteiger partial charge in [0.1, 0.15) is 0 Å². The van der Waals surface area contributed by atoms with E-state index in [1.54, 1.807) is 36.4 Å². The quantitative estimate of drug-likeness (QED) is 0.261. The van der Waals surface area contributed by atoms with Gasteiger partial charge in [-0.1, -0.05) is 53.7 Å². The maximum absolute atomic E-state index is 12.6. The molecule has 0 radical (unpaired) electrons. The van der Waals surface area contributed by atoms with Gasteiger partial charge in [0.2, 0.25) is 0 Å². The number of benzene rings is 2. The van der Waals surface area contributed by atoms with Crippen molar-refractivity contribution in [1.82, 2.24) is 0 Å². The number of hydrogen-bond donors (Lipinski definition) is 0. The van der Waals surface area contributed by atoms with E-state index in [4.69, 9.17) is 18.9 Å². The zero-order chi connectivity index (χ0) is 23.9. The standard InChI is InChI=1S/C25H26O7/c1-24(2,3)17-7-9-19(29-13-11-26)21(15-17)31-23(28)32-22-16-18(25(4,5)6)8-10-20(22)30-14-12-27/h7-10,13-16H,1-6H3. The second kappa shape index (κ2) is 10.0. The lowest BCUT2D eigenvalue weighted by atomic mass is 9.87. The molecule has 0 saturated carbocycles. The molecule has 168 valence electrons. The van der Waals surface area contributed by atoms with E-state index < -0.39 is 6.16 Å². The van der Waals surface area contributed by atoms with Crippen molar-refractivity contribution in [2.45, 2.75) is 52.4 Å². The average Bonchev–Trinajstić information content (AvgIpc) is 2.70. The third-order valence-corrected chi connectivity index (χ3v) is 4.47. The molecule has 0 heterocycles. The predicted octanol–water partition coefficient (Wildman–Crippen LogP) is 5.31. The van der Waals surface area contributed by atoms with Crippen LogP contribution in [0.1, 0.15) is 52.7 Å². The lowest BCUT2D eigenvalue weighted by Gasteiger charge is -2.21. The third kappa shape index (κ3) is 6.61. The molecule has 0 bridgehead atoms. The Hall–Kier alpha value is -3.79. The molecule has 7 heteroatoms. The van der Waals surface area contributed by atoms with E-state index in [1.165, 1.54) is 11.9 Å². The van der Waals surface area contributed by atoms with Gasteiger partial charge >= 0.3 is 6.16 Å². The smallest absolute Gasteiger partial charge is 0.449 e. The van der Waals surface area contributed by atoms with Crippen molar-refractivity contribution >= 4 is 18.0 Å². The fourth-order valence-electron chi connectivity index (χ4n) is 2.68. The molecule has 0 aliphatic carbocycles. The van der Waals surface area contributed by atoms with Gasteiger partial charge in [0.25, 0.3) is 0 Å². The SMILES string of the molecule is CC(C)(C)c1ccc(OC=C=O)c(OC(=O)Oc2cc(C(C)(C)C)ccc2OC=C=O)c1. The van der Waals surface area contributed by atoms with E-state index in [0.717, 1.165) is 23.7 Å². The highest BCUT2D eigenvalue weighted by molar-refractivity contribution is 5.70. The van der Waals surface area contributed by atoms with E-state index in [0.29, 0.717) is 0 Å². The Morgan fingerprint density at radius 1 is 0.688 bits per heavy atom. The van der Waals surface area contributed by atoms with Crippen molar-refractivity contribution in [3.05, 3.63) is 60.0 Å². The highest BCUT2D eigenvalue weighted by atomic mass is 16.7. The molecule has 0 atom stereocenters. The molecule has 0 saturated heterocycles. The number of carbonyl (C=O) groups excluding carboxylic acids is 3. The van der Waals surface area contributed by atoms with Gasteiger partial charge in [-0.3, -0.25) is 0 Å². The van der Waals surface area contributed by atoms with Crippen molar-refractivity contribution in [2.24, 2.45) is 0 Å². The summed E-state index contributed by atoms with van der Waals surface area (Å²) in [6.45, 7) is 12.0. The summed E-state index contributed by atoms with van der Waals surface area (Å²) in [7, 11) is 0. The van der Waals surface area contributed by atoms with Crippen LogP contribution in [-0.2, 0) is 20.4 Å². The molecule has 0 unspecified atom stereocenters. The van der Waals surface area contributed by atoms with Gasteiger partial charge in [-0.2, -0.15) is 0 Å². The number of ether oxygens (including phenoxy) is 4. The fraction of sp³-hybridized carbons (Fsp3) is 0.320. The first-order valence-corrected chi connectivity index (χ1v) is 9.86. The largest absolute Gasteiger partial charge is 0.519 e. The van der Waals surface area contributed by atoms with Crippen LogP contribution in [-0.4, -0.2) is 18.0 Å². The first kappa shape index (κ1) is 24.5. The maximum atomic E-state index is 12.6. The van der Waals surface area contributed by atoms with Crippen LogP contribution in [0.2, 0.25) is 0 Å². The van der Waals surface area contributed by atoms with Crippen LogP contribution in [0.5, 0.6) is 23.0 Å². The third-order valence-electron chi connectivity index (χ3n) is 4.47. The fourth-order valence-corrected chi connectivity index (χ4v) is 2.68. The minimum absolute atomic E-state index is 0.0659. The first-order chi connectivity index (χ1) is 15.0. The zero-order valence-corrected chi connectivity index (χ0v) is 19.0. The molecular formula is C25H26O7. The van der Waals surface area contributed by atoms with Gasteiger partial charge in [-0.05, 0) is 46.2 Å². The van der Waals surface area contributed by atoms with Gasteiger partial charge in [0, 0.05) is 0 Å². The van der Waals surface area contributed by atoms with Crippen molar-refractivity contribution in [1.29, 1.82) is 0 Å². The monoisotopic (exact) mass is 438 g/mol. The van der Waals surface area contributed by atoms with Crippen LogP contribution in [0.4, 0.5) is 4.79 Å². The van der Waals surface area contributed by atoms with E-state index in [9.17, 15) is 14.4 Å². The summed E-state index contributed by atoms with van der Waals surface area (Å²) in [6.07, 6.45) is 0.575. The van der Waals surface area contributed by atoms with Crippen LogP contribution in [0.15, 0.2) is 48.9 Å². The highest BCUT2D eigenvalue weighted by Crippen LogP contribution is 2.36. The van der Waals surface area contributed by atoms with Gasteiger partial charge in [-0.15, -0.1) is 0 Å². The highest BCUT2D eigenvalue weighted by Gasteiger charge is 2.22. The molecule has 7 nitrogen and oxygen atoms in total. The van der Waals surface area contributed by atoms with Gasteiger partial charge in [-0.25, -0.2) is 14.4 Å². The molecule has 0 amide bonds. The molecule has 2 aromatic carbocycles. The van der Waals surface area contributed by atoms with Gasteiger partial charge < -0.3 is 18.9 Å². The van der Waals surface area contributed by atoms with Gasteiger partial charge in [0.05, 0.1) is 0 Å². The van der Waals surface area contributed by atoms with Crippen molar-refractivity contribution in [3.63, 3.8) is 0 Å². The van der Waals surface area contributed by atoms with Crippen LogP contribution < -0.4 is 18.9 Å². The Labute approximate surface area is 187 Å². The molecule has 2 aromatic rings. The van der Waals surface area contributed by atoms with E-state index in [1.807, 2.05) is 41.5 Å². The topological polar surface area (TPSA) is 88.1 Å². The van der Waals surface area contributed by atoms with Crippen LogP contribution in [0, 0.1) is 0 Å². The van der Waals surface area contributed by atoms with E-state index in [-0.39, 0.29) is 33.8 Å². The normalized spacial score (nSPS) is 10.9. The minimum Gasteiger partial charge on any atom is -0.449 e. The van der Waals surface area contributed by atoms with E-state index >= 15 is 0 Å². The first-order valence-electron chi connectivity index (χ1n) is 9.86. The van der Waals surface area contributed by atoms with Crippen LogP contribution in [0.3, 0.4) is 0 Å². The Kier molecular flexibility index (Phi) is 7.66. The van der Waals surface area contributed by atoms with Crippen LogP contribution in [0.25, 0.3) is 0 Å². The van der Waals surface area contributed by atoms with Crippen molar-refractivity contribution < 1.29 is 33.3 Å². The van der Waals surface area contributed by atoms with Crippen molar-refractivity contribution in [2.75, 3.05) is 0 Å². The Morgan fingerprint density at radius 3 is 1.38 bits per heavy atom. The van der Waals surface area contributed by atoms with E-state index in [2.05, 4.69) is 0 Å². The molecule has 32 heavy (non-hydrogen) atoms. The molecule has 0 aliphatic heterocycles. The molecule has 0 N–H and O–H groups in total. The summed E-state index contributed by atoms with van der Waals surface area (Å²) in [5.41, 5.74) is 1.28. The van der Waals surface area contributed by atoms with Gasteiger partial charge in [0.15, 0.2) is 47.4 Å². The lowest BCUT2D eigenvalue weighted by Crippen LogP contribution is -2.17. The van der Waals surface area contributed by atoms with Crippen LogP contribution >= 0.6 is 0 Å². The Bertz CT molecular complexity index is 989. The Balaban J connectivity index is 2.38. The summed E-state index contributed by atoms with van der Waals surface area (Å²) in [5.74, 6) is 3.43. The zero-order valence-electron chi connectivity index (χ0n) is 19.0. The van der Waals surface area contributed by atoms with Crippen molar-refractivity contribution in [3.8, 4) is 23.0 Å². The molecule has 2 rings (SSSR count). The average molecular weight is 438 g/mol. The summed E-state index contributed by atoms with van der Waals surface area (Å²) >= 11 is 0. The maximum Gasteiger partial charge on any atom is 0.519 e. The molecule has 0 aromatic heterocycles. The summed E-state index contributed by atoms with van der Waals surface area (Å²) < 4.78 is 21.2. The minimum atomic E-state index is -1.05. The molecule has 0 aliphatic rings. The second-order valence-corrected chi connectivity index (χ2v) is 8.98. The second-order valence-electron chi connectivity index (χ2n) is 8.98. The molecule has 0 fully saturated rings. The lowest BCUT2D eigenvalue weighted by molar-refractivity contribution is 0.149. The summed E-state index contributed by atoms with van der Waals surface area (Å²) in [5, 5.41) is 0. The Morgan fingerprint density at radius 2 is 1.06 bits per heavy atom. The number of carbonyl (C=O) groups is 1. The predicted molar refractivity (Wildman–Crippen MR) is 119 cm³/mol.